The second-order valence-corrected chi connectivity index (χ2v) is 7.67. The van der Waals surface area contributed by atoms with E-state index in [0.29, 0.717) is 11.4 Å². The van der Waals surface area contributed by atoms with E-state index in [4.69, 9.17) is 15.2 Å². The Balaban J connectivity index is 1.57. The normalized spacial score (nSPS) is 13.0. The molecular weight excluding hydrogens is 429 g/mol. The largest absolute Gasteiger partial charge is 0.493 e. The summed E-state index contributed by atoms with van der Waals surface area (Å²) in [6, 6.07) is 8.87. The van der Waals surface area contributed by atoms with Gasteiger partial charge in [0.1, 0.15) is 11.6 Å². The van der Waals surface area contributed by atoms with E-state index >= 15 is 0 Å². The van der Waals surface area contributed by atoms with Gasteiger partial charge in [-0.2, -0.15) is 0 Å². The van der Waals surface area contributed by atoms with Gasteiger partial charge in [-0.15, -0.1) is 10.2 Å². The molecule has 2 aromatic carbocycles. The smallest absolute Gasteiger partial charge is 0.255 e. The van der Waals surface area contributed by atoms with Crippen molar-refractivity contribution in [2.75, 3.05) is 19.0 Å². The topological polar surface area (TPSA) is 121 Å². The number of hydrogen-bond donors (Lipinski definition) is 2. The van der Waals surface area contributed by atoms with Crippen LogP contribution in [0.15, 0.2) is 36.4 Å². The highest BCUT2D eigenvalue weighted by atomic mass is 19.1. The summed E-state index contributed by atoms with van der Waals surface area (Å²) >= 11 is 0. The SMILES string of the molecule is COc1cc(C(=O)Nc2cc(-c3nnc4n3CCCCC4)ccc2F)ccc1OCC(N)=O. The van der Waals surface area contributed by atoms with Crippen LogP contribution >= 0.6 is 0 Å². The molecule has 0 spiro atoms. The van der Waals surface area contributed by atoms with E-state index in [-0.39, 0.29) is 29.4 Å². The predicted octanol–water partition coefficient (Wildman–Crippen LogP) is 2.94. The predicted molar refractivity (Wildman–Crippen MR) is 119 cm³/mol. The van der Waals surface area contributed by atoms with Crippen LogP contribution in [0.5, 0.6) is 11.5 Å². The van der Waals surface area contributed by atoms with Crippen LogP contribution in [0.4, 0.5) is 10.1 Å². The molecule has 0 fully saturated rings. The summed E-state index contributed by atoms with van der Waals surface area (Å²) in [5, 5.41) is 11.2. The first-order valence-corrected chi connectivity index (χ1v) is 10.6. The fourth-order valence-electron chi connectivity index (χ4n) is 3.73. The zero-order valence-corrected chi connectivity index (χ0v) is 18.1. The van der Waals surface area contributed by atoms with E-state index in [1.165, 1.54) is 31.4 Å². The summed E-state index contributed by atoms with van der Waals surface area (Å²) < 4.78 is 27.1. The van der Waals surface area contributed by atoms with Crippen LogP contribution in [0, 0.1) is 5.82 Å². The van der Waals surface area contributed by atoms with Crippen LogP contribution in [0.2, 0.25) is 0 Å². The second-order valence-electron chi connectivity index (χ2n) is 7.67. The Morgan fingerprint density at radius 3 is 2.76 bits per heavy atom. The lowest BCUT2D eigenvalue weighted by Gasteiger charge is -2.13. The number of hydrogen-bond acceptors (Lipinski definition) is 6. The number of halogens is 1. The van der Waals surface area contributed by atoms with Gasteiger partial charge in [-0.3, -0.25) is 9.59 Å². The number of nitrogens with one attached hydrogen (secondary N) is 1. The number of fused-ring (bicyclic) bond motifs is 1. The van der Waals surface area contributed by atoms with Gasteiger partial charge >= 0.3 is 0 Å². The molecule has 2 heterocycles. The summed E-state index contributed by atoms with van der Waals surface area (Å²) in [6.45, 7) is 0.479. The van der Waals surface area contributed by atoms with Gasteiger partial charge in [-0.05, 0) is 49.2 Å². The molecule has 0 aliphatic carbocycles. The van der Waals surface area contributed by atoms with E-state index in [1.807, 2.05) is 0 Å². The number of ether oxygens (including phenoxy) is 2. The number of primary amides is 1. The maximum atomic E-state index is 14.5. The van der Waals surface area contributed by atoms with Gasteiger partial charge in [-0.1, -0.05) is 6.42 Å². The van der Waals surface area contributed by atoms with Crippen molar-refractivity contribution in [3.8, 4) is 22.9 Å². The number of aromatic nitrogens is 3. The summed E-state index contributed by atoms with van der Waals surface area (Å²) in [5.41, 5.74) is 6.00. The van der Waals surface area contributed by atoms with E-state index in [1.54, 1.807) is 12.1 Å². The van der Waals surface area contributed by atoms with Crippen LogP contribution < -0.4 is 20.5 Å². The number of benzene rings is 2. The highest BCUT2D eigenvalue weighted by Gasteiger charge is 2.19. The fraction of sp³-hybridized carbons (Fsp3) is 0.304. The summed E-state index contributed by atoms with van der Waals surface area (Å²) in [6.07, 6.45) is 4.09. The molecule has 0 saturated carbocycles. The van der Waals surface area contributed by atoms with Gasteiger partial charge in [0.05, 0.1) is 12.8 Å². The highest BCUT2D eigenvalue weighted by molar-refractivity contribution is 6.05. The Morgan fingerprint density at radius 1 is 1.12 bits per heavy atom. The molecule has 1 aliphatic rings. The highest BCUT2D eigenvalue weighted by Crippen LogP contribution is 2.30. The van der Waals surface area contributed by atoms with Crippen molar-refractivity contribution in [1.29, 1.82) is 0 Å². The Labute approximate surface area is 189 Å². The molecule has 4 rings (SSSR count). The average molecular weight is 453 g/mol. The molecule has 3 aromatic rings. The molecule has 0 bridgehead atoms. The molecule has 172 valence electrons. The van der Waals surface area contributed by atoms with Crippen molar-refractivity contribution in [2.24, 2.45) is 5.73 Å². The minimum absolute atomic E-state index is 0.0245. The molecule has 9 nitrogen and oxygen atoms in total. The van der Waals surface area contributed by atoms with Crippen molar-refractivity contribution in [3.05, 3.63) is 53.6 Å². The lowest BCUT2D eigenvalue weighted by atomic mass is 10.1. The number of methoxy groups -OCH3 is 1. The number of anilines is 1. The van der Waals surface area contributed by atoms with Gasteiger partial charge in [0.25, 0.3) is 11.8 Å². The molecule has 0 saturated heterocycles. The molecular formula is C23H24FN5O4. The first-order valence-electron chi connectivity index (χ1n) is 10.6. The Hall–Kier alpha value is -3.95. The Morgan fingerprint density at radius 2 is 1.97 bits per heavy atom. The summed E-state index contributed by atoms with van der Waals surface area (Å²) in [7, 11) is 1.40. The fourth-order valence-corrected chi connectivity index (χ4v) is 3.73. The number of carbonyl (C=O) groups is 2. The minimum atomic E-state index is -0.640. The molecule has 1 aromatic heterocycles. The van der Waals surface area contributed by atoms with E-state index < -0.39 is 17.6 Å². The number of nitrogens with two attached hydrogens (primary N) is 1. The molecule has 3 N–H and O–H groups in total. The third-order valence-corrected chi connectivity index (χ3v) is 5.38. The first-order chi connectivity index (χ1) is 16.0. The van der Waals surface area contributed by atoms with Crippen molar-refractivity contribution in [2.45, 2.75) is 32.2 Å². The molecule has 0 atom stereocenters. The molecule has 0 radical (unpaired) electrons. The van der Waals surface area contributed by atoms with E-state index in [9.17, 15) is 14.0 Å². The lowest BCUT2D eigenvalue weighted by Crippen LogP contribution is -2.20. The maximum absolute atomic E-state index is 14.5. The zero-order chi connectivity index (χ0) is 23.4. The number of nitrogens with zero attached hydrogens (tertiary/aromatic N) is 3. The second kappa shape index (κ2) is 9.68. The maximum Gasteiger partial charge on any atom is 0.255 e. The summed E-state index contributed by atoms with van der Waals surface area (Å²) in [5.74, 6) is 0.321. The van der Waals surface area contributed by atoms with Gasteiger partial charge in [0.2, 0.25) is 0 Å². The van der Waals surface area contributed by atoms with Crippen molar-refractivity contribution < 1.29 is 23.5 Å². The minimum Gasteiger partial charge on any atom is -0.493 e. The van der Waals surface area contributed by atoms with Gasteiger partial charge in [-0.25, -0.2) is 4.39 Å². The van der Waals surface area contributed by atoms with Crippen LogP contribution in [0.1, 0.15) is 35.4 Å². The molecule has 1 aliphatic heterocycles. The third-order valence-electron chi connectivity index (χ3n) is 5.38. The van der Waals surface area contributed by atoms with Crippen molar-refractivity contribution >= 4 is 17.5 Å². The molecule has 33 heavy (non-hydrogen) atoms. The Kier molecular flexibility index (Phi) is 6.53. The molecule has 2 amide bonds. The van der Waals surface area contributed by atoms with Crippen LogP contribution in [-0.4, -0.2) is 40.3 Å². The lowest BCUT2D eigenvalue weighted by molar-refractivity contribution is -0.119. The van der Waals surface area contributed by atoms with Gasteiger partial charge < -0.3 is 25.1 Å². The van der Waals surface area contributed by atoms with E-state index in [0.717, 1.165) is 38.1 Å². The van der Waals surface area contributed by atoms with Crippen molar-refractivity contribution in [3.63, 3.8) is 0 Å². The standard InChI is InChI=1S/C23H24FN5O4/c1-32-19-12-15(7-9-18(19)33-13-20(25)30)23(31)26-17-11-14(6-8-16(17)24)22-28-27-21-5-3-2-4-10-29(21)22/h6-9,11-12H,2-5,10,13H2,1H3,(H2,25,30)(H,26,31). The monoisotopic (exact) mass is 453 g/mol. The molecule has 10 heteroatoms. The van der Waals surface area contributed by atoms with Gasteiger partial charge in [0.15, 0.2) is 23.9 Å². The third kappa shape index (κ3) is 4.94. The van der Waals surface area contributed by atoms with E-state index in [2.05, 4.69) is 20.1 Å². The first kappa shape index (κ1) is 22.3. The van der Waals surface area contributed by atoms with Gasteiger partial charge in [0, 0.05) is 24.1 Å². The zero-order valence-electron chi connectivity index (χ0n) is 18.1. The number of carbonyl (C=O) groups excluding carboxylic acids is 2. The summed E-state index contributed by atoms with van der Waals surface area (Å²) in [4.78, 5) is 23.7. The number of aryl methyl sites for hydroxylation is 1. The van der Waals surface area contributed by atoms with Crippen molar-refractivity contribution in [1.82, 2.24) is 14.8 Å². The number of rotatable bonds is 7. The average Bonchev–Trinajstić information content (AvgIpc) is 3.06. The number of amides is 2. The van der Waals surface area contributed by atoms with Crippen LogP contribution in [-0.2, 0) is 17.8 Å². The van der Waals surface area contributed by atoms with Crippen LogP contribution in [0.25, 0.3) is 11.4 Å². The quantitative estimate of drug-likeness (QED) is 0.567. The Bertz CT molecular complexity index is 1190. The van der Waals surface area contributed by atoms with Crippen LogP contribution in [0.3, 0.4) is 0 Å². The molecule has 0 unspecified atom stereocenters.